The van der Waals surface area contributed by atoms with Gasteiger partial charge in [-0.3, -0.25) is 14.5 Å². The highest BCUT2D eigenvalue weighted by Crippen LogP contribution is 2.27. The van der Waals surface area contributed by atoms with Crippen LogP contribution in [0.3, 0.4) is 0 Å². The van der Waals surface area contributed by atoms with Crippen LogP contribution in [0.15, 0.2) is 64.7 Å². The van der Waals surface area contributed by atoms with E-state index in [1.165, 1.54) is 6.08 Å². The van der Waals surface area contributed by atoms with E-state index in [1.54, 1.807) is 18.2 Å². The Morgan fingerprint density at radius 3 is 2.48 bits per heavy atom. The lowest BCUT2D eigenvalue weighted by molar-refractivity contribution is -0.137. The van der Waals surface area contributed by atoms with Gasteiger partial charge in [-0.05, 0) is 37.3 Å². The first kappa shape index (κ1) is 18.6. The van der Waals surface area contributed by atoms with E-state index in [4.69, 9.17) is 9.52 Å². The molecule has 0 radical (unpaired) electrons. The van der Waals surface area contributed by atoms with Crippen molar-refractivity contribution in [3.05, 3.63) is 65.9 Å². The SMILES string of the molecule is Cc1ccc(-c2nnc(-c3cccc(NC4=CC(=O)N(CCO)C4=O)c3)o2)cc1. The van der Waals surface area contributed by atoms with E-state index in [9.17, 15) is 9.59 Å². The van der Waals surface area contributed by atoms with Gasteiger partial charge in [0, 0.05) is 22.9 Å². The maximum absolute atomic E-state index is 12.3. The monoisotopic (exact) mass is 390 g/mol. The topological polar surface area (TPSA) is 109 Å². The van der Waals surface area contributed by atoms with Crippen molar-refractivity contribution < 1.29 is 19.1 Å². The number of anilines is 1. The van der Waals surface area contributed by atoms with Crippen molar-refractivity contribution in [1.29, 1.82) is 0 Å². The number of aliphatic hydroxyl groups is 1. The molecular weight excluding hydrogens is 372 g/mol. The van der Waals surface area contributed by atoms with Gasteiger partial charge >= 0.3 is 0 Å². The number of amides is 2. The van der Waals surface area contributed by atoms with Crippen molar-refractivity contribution in [2.45, 2.75) is 6.92 Å². The van der Waals surface area contributed by atoms with Gasteiger partial charge in [-0.1, -0.05) is 23.8 Å². The summed E-state index contributed by atoms with van der Waals surface area (Å²) in [6.07, 6.45) is 1.22. The van der Waals surface area contributed by atoms with Crippen LogP contribution < -0.4 is 5.32 Å². The maximum Gasteiger partial charge on any atom is 0.277 e. The minimum absolute atomic E-state index is 0.0385. The molecule has 3 aromatic rings. The van der Waals surface area contributed by atoms with Gasteiger partial charge in [0.1, 0.15) is 5.70 Å². The van der Waals surface area contributed by atoms with Crippen LogP contribution >= 0.6 is 0 Å². The molecule has 1 aromatic heterocycles. The molecule has 1 aliphatic rings. The van der Waals surface area contributed by atoms with E-state index in [0.29, 0.717) is 23.0 Å². The number of rotatable bonds is 6. The van der Waals surface area contributed by atoms with Crippen molar-refractivity contribution in [3.8, 4) is 22.9 Å². The van der Waals surface area contributed by atoms with Gasteiger partial charge in [0.2, 0.25) is 11.8 Å². The lowest BCUT2D eigenvalue weighted by Crippen LogP contribution is -2.34. The lowest BCUT2D eigenvalue weighted by atomic mass is 10.1. The predicted molar refractivity (Wildman–Crippen MR) is 105 cm³/mol. The summed E-state index contributed by atoms with van der Waals surface area (Å²) in [6.45, 7) is 1.68. The fraction of sp³-hybridized carbons (Fsp3) is 0.143. The number of benzene rings is 2. The molecule has 2 amide bonds. The van der Waals surface area contributed by atoms with Crippen LogP contribution in [0, 0.1) is 6.92 Å². The molecular formula is C21H18N4O4. The Bertz CT molecular complexity index is 1100. The predicted octanol–water partition coefficient (Wildman–Crippen LogP) is 2.37. The number of aryl methyl sites for hydroxylation is 1. The smallest absolute Gasteiger partial charge is 0.277 e. The fourth-order valence-corrected chi connectivity index (χ4v) is 2.95. The van der Waals surface area contributed by atoms with E-state index in [0.717, 1.165) is 16.0 Å². The minimum atomic E-state index is -0.478. The van der Waals surface area contributed by atoms with Crippen molar-refractivity contribution in [3.63, 3.8) is 0 Å². The van der Waals surface area contributed by atoms with E-state index >= 15 is 0 Å². The minimum Gasteiger partial charge on any atom is -0.416 e. The van der Waals surface area contributed by atoms with Gasteiger partial charge in [0.15, 0.2) is 0 Å². The van der Waals surface area contributed by atoms with E-state index < -0.39 is 11.8 Å². The zero-order valence-corrected chi connectivity index (χ0v) is 15.6. The van der Waals surface area contributed by atoms with Gasteiger partial charge in [0.05, 0.1) is 13.2 Å². The van der Waals surface area contributed by atoms with E-state index in [-0.39, 0.29) is 18.8 Å². The number of carbonyl (C=O) groups is 2. The molecule has 0 saturated heterocycles. The summed E-state index contributed by atoms with van der Waals surface area (Å²) in [5.41, 5.74) is 3.37. The number of aromatic nitrogens is 2. The standard InChI is InChI=1S/C21H18N4O4/c1-13-5-7-14(8-6-13)19-23-24-20(29-19)15-3-2-4-16(11-15)22-17-12-18(27)25(9-10-26)21(17)28/h2-8,11-12,22,26H,9-10H2,1H3. The lowest BCUT2D eigenvalue weighted by Gasteiger charge is -2.13. The van der Waals surface area contributed by atoms with Crippen LogP contribution in [0.2, 0.25) is 0 Å². The summed E-state index contributed by atoms with van der Waals surface area (Å²) in [4.78, 5) is 25.1. The molecule has 0 saturated carbocycles. The molecule has 8 heteroatoms. The summed E-state index contributed by atoms with van der Waals surface area (Å²) in [5.74, 6) is -0.178. The second kappa shape index (κ2) is 7.69. The van der Waals surface area contributed by atoms with Gasteiger partial charge in [-0.2, -0.15) is 0 Å². The first-order chi connectivity index (χ1) is 14.0. The van der Waals surface area contributed by atoms with Crippen molar-refractivity contribution >= 4 is 17.5 Å². The second-order valence-electron chi connectivity index (χ2n) is 6.56. The largest absolute Gasteiger partial charge is 0.416 e. The highest BCUT2D eigenvalue weighted by Gasteiger charge is 2.30. The summed E-state index contributed by atoms with van der Waals surface area (Å²) in [7, 11) is 0. The summed E-state index contributed by atoms with van der Waals surface area (Å²) < 4.78 is 5.79. The summed E-state index contributed by atoms with van der Waals surface area (Å²) in [6, 6.07) is 14.9. The quantitative estimate of drug-likeness (QED) is 0.622. The van der Waals surface area contributed by atoms with Gasteiger partial charge in [-0.25, -0.2) is 0 Å². The van der Waals surface area contributed by atoms with Crippen LogP contribution in [-0.2, 0) is 9.59 Å². The fourth-order valence-electron chi connectivity index (χ4n) is 2.95. The zero-order chi connectivity index (χ0) is 20.4. The Morgan fingerprint density at radius 1 is 1.03 bits per heavy atom. The molecule has 0 aliphatic carbocycles. The molecule has 2 N–H and O–H groups in total. The number of hydrogen-bond donors (Lipinski definition) is 2. The molecule has 0 atom stereocenters. The Labute approximate surface area is 166 Å². The van der Waals surface area contributed by atoms with Crippen molar-refractivity contribution in [2.75, 3.05) is 18.5 Å². The highest BCUT2D eigenvalue weighted by molar-refractivity contribution is 6.17. The van der Waals surface area contributed by atoms with Crippen LogP contribution in [-0.4, -0.2) is 45.2 Å². The Balaban J connectivity index is 1.54. The third kappa shape index (κ3) is 3.78. The van der Waals surface area contributed by atoms with E-state index in [1.807, 2.05) is 37.3 Å². The Morgan fingerprint density at radius 2 is 1.76 bits per heavy atom. The number of nitrogens with one attached hydrogen (secondary N) is 1. The first-order valence-corrected chi connectivity index (χ1v) is 9.01. The molecule has 2 aromatic carbocycles. The average molecular weight is 390 g/mol. The molecule has 29 heavy (non-hydrogen) atoms. The Hall–Kier alpha value is -3.78. The summed E-state index contributed by atoms with van der Waals surface area (Å²) >= 11 is 0. The number of imide groups is 1. The molecule has 0 bridgehead atoms. The number of aliphatic hydroxyl groups excluding tert-OH is 1. The molecule has 8 nitrogen and oxygen atoms in total. The highest BCUT2D eigenvalue weighted by atomic mass is 16.4. The maximum atomic E-state index is 12.3. The number of hydrogen-bond acceptors (Lipinski definition) is 7. The van der Waals surface area contributed by atoms with Crippen molar-refractivity contribution in [2.24, 2.45) is 0 Å². The number of carbonyl (C=O) groups excluding carboxylic acids is 2. The zero-order valence-electron chi connectivity index (χ0n) is 15.6. The normalized spacial score (nSPS) is 13.7. The number of nitrogens with zero attached hydrogens (tertiary/aromatic N) is 3. The van der Waals surface area contributed by atoms with Gasteiger partial charge < -0.3 is 14.8 Å². The van der Waals surface area contributed by atoms with Crippen LogP contribution in [0.4, 0.5) is 5.69 Å². The molecule has 4 rings (SSSR count). The number of β-amino-alcohol motifs (C(OH)–C–C–N with tert-alkyl or cyclic N) is 1. The van der Waals surface area contributed by atoms with Crippen LogP contribution in [0.5, 0.6) is 0 Å². The Kier molecular flexibility index (Phi) is 4.92. The summed E-state index contributed by atoms with van der Waals surface area (Å²) in [5, 5.41) is 20.1. The van der Waals surface area contributed by atoms with Gasteiger partial charge in [0.25, 0.3) is 11.8 Å². The van der Waals surface area contributed by atoms with Crippen LogP contribution in [0.25, 0.3) is 22.9 Å². The third-order valence-corrected chi connectivity index (χ3v) is 4.45. The van der Waals surface area contributed by atoms with Gasteiger partial charge in [-0.15, -0.1) is 10.2 Å². The molecule has 1 aliphatic heterocycles. The first-order valence-electron chi connectivity index (χ1n) is 9.01. The average Bonchev–Trinajstić information content (AvgIpc) is 3.30. The molecule has 0 spiro atoms. The molecule has 0 fully saturated rings. The molecule has 146 valence electrons. The third-order valence-electron chi connectivity index (χ3n) is 4.45. The molecule has 0 unspecified atom stereocenters. The molecule has 2 heterocycles. The van der Waals surface area contributed by atoms with E-state index in [2.05, 4.69) is 15.5 Å². The second-order valence-corrected chi connectivity index (χ2v) is 6.56. The van der Waals surface area contributed by atoms with Crippen LogP contribution in [0.1, 0.15) is 5.56 Å². The van der Waals surface area contributed by atoms with Crippen molar-refractivity contribution in [1.82, 2.24) is 15.1 Å².